The van der Waals surface area contributed by atoms with Gasteiger partial charge >= 0.3 is 0 Å². The molecule has 1 aromatic heterocycles. The van der Waals surface area contributed by atoms with Crippen LogP contribution >= 0.6 is 22.9 Å². The molecule has 0 saturated heterocycles. The second kappa shape index (κ2) is 11.6. The third kappa shape index (κ3) is 6.31. The topological polar surface area (TPSA) is 83.8 Å². The highest BCUT2D eigenvalue weighted by atomic mass is 35.5. The second-order valence-electron chi connectivity index (χ2n) is 7.24. The number of hydrazone groups is 1. The standard InChI is InChI=1S/C24H26ClN3O3S/c1-3-4-5-6-7-19-22(32-24(27-19)17-9-11-18(25)12-10-17)23(30)28-26-15-16-8-13-21(31-2)20(29)14-16/h8-15,29H,3-7H2,1-2H3,(H,28,30)/b26-15+. The van der Waals surface area contributed by atoms with E-state index in [9.17, 15) is 9.90 Å². The average molecular weight is 472 g/mol. The molecule has 0 aliphatic carbocycles. The third-order valence-electron chi connectivity index (χ3n) is 4.84. The summed E-state index contributed by atoms with van der Waals surface area (Å²) in [6.45, 7) is 2.17. The van der Waals surface area contributed by atoms with Gasteiger partial charge in [-0.1, -0.05) is 49.9 Å². The van der Waals surface area contributed by atoms with Crippen molar-refractivity contribution in [3.63, 3.8) is 0 Å². The number of aryl methyl sites for hydroxylation is 1. The fraction of sp³-hybridized carbons (Fsp3) is 0.292. The molecule has 0 atom stereocenters. The van der Waals surface area contributed by atoms with Gasteiger partial charge in [0.05, 0.1) is 19.0 Å². The number of aromatic hydroxyl groups is 1. The second-order valence-corrected chi connectivity index (χ2v) is 8.68. The van der Waals surface area contributed by atoms with Crippen LogP contribution in [0.3, 0.4) is 0 Å². The summed E-state index contributed by atoms with van der Waals surface area (Å²) in [5, 5.41) is 15.4. The summed E-state index contributed by atoms with van der Waals surface area (Å²) in [6, 6.07) is 12.3. The Hall–Kier alpha value is -2.90. The fourth-order valence-corrected chi connectivity index (χ4v) is 4.27. The smallest absolute Gasteiger partial charge is 0.283 e. The Bertz CT molecular complexity index is 1080. The van der Waals surface area contributed by atoms with Crippen LogP contribution in [-0.2, 0) is 6.42 Å². The molecule has 6 nitrogen and oxygen atoms in total. The maximum atomic E-state index is 12.9. The number of carbonyl (C=O) groups excluding carboxylic acids is 1. The van der Waals surface area contributed by atoms with Crippen molar-refractivity contribution in [3.8, 4) is 22.1 Å². The molecule has 2 N–H and O–H groups in total. The summed E-state index contributed by atoms with van der Waals surface area (Å²) in [5.41, 5.74) is 4.92. The lowest BCUT2D eigenvalue weighted by Gasteiger charge is -2.03. The summed E-state index contributed by atoms with van der Waals surface area (Å²) in [7, 11) is 1.48. The van der Waals surface area contributed by atoms with Gasteiger partial charge in [-0.3, -0.25) is 4.79 Å². The van der Waals surface area contributed by atoms with E-state index in [4.69, 9.17) is 21.3 Å². The van der Waals surface area contributed by atoms with Crippen LogP contribution in [0.15, 0.2) is 47.6 Å². The molecule has 1 heterocycles. The molecular weight excluding hydrogens is 446 g/mol. The van der Waals surface area contributed by atoms with Crippen LogP contribution in [0.4, 0.5) is 0 Å². The number of unbranched alkanes of at least 4 members (excludes halogenated alkanes) is 3. The lowest BCUT2D eigenvalue weighted by Crippen LogP contribution is -2.18. The van der Waals surface area contributed by atoms with Crippen molar-refractivity contribution < 1.29 is 14.6 Å². The minimum atomic E-state index is -0.304. The number of carbonyl (C=O) groups is 1. The van der Waals surface area contributed by atoms with Crippen LogP contribution in [0.25, 0.3) is 10.6 Å². The quantitative estimate of drug-likeness (QED) is 0.214. The molecule has 32 heavy (non-hydrogen) atoms. The van der Waals surface area contributed by atoms with Crippen LogP contribution in [0.5, 0.6) is 11.5 Å². The molecule has 0 aliphatic rings. The lowest BCUT2D eigenvalue weighted by atomic mass is 10.1. The van der Waals surface area contributed by atoms with Crippen molar-refractivity contribution in [2.45, 2.75) is 39.0 Å². The first-order chi connectivity index (χ1) is 15.5. The average Bonchev–Trinajstić information content (AvgIpc) is 3.21. The van der Waals surface area contributed by atoms with Gasteiger partial charge in [-0.05, 0) is 48.7 Å². The van der Waals surface area contributed by atoms with E-state index in [2.05, 4.69) is 17.5 Å². The number of methoxy groups -OCH3 is 1. The molecule has 168 valence electrons. The molecule has 0 radical (unpaired) electrons. The largest absolute Gasteiger partial charge is 0.504 e. The van der Waals surface area contributed by atoms with E-state index in [0.717, 1.165) is 48.4 Å². The number of thiazole rings is 1. The van der Waals surface area contributed by atoms with Crippen molar-refractivity contribution >= 4 is 35.1 Å². The van der Waals surface area contributed by atoms with Gasteiger partial charge < -0.3 is 9.84 Å². The molecule has 0 spiro atoms. The number of amides is 1. The molecule has 0 bridgehead atoms. The van der Waals surface area contributed by atoms with E-state index in [1.54, 1.807) is 12.1 Å². The first-order valence-electron chi connectivity index (χ1n) is 10.5. The summed E-state index contributed by atoms with van der Waals surface area (Å²) in [6.07, 6.45) is 6.60. The highest BCUT2D eigenvalue weighted by Gasteiger charge is 2.18. The maximum Gasteiger partial charge on any atom is 0.283 e. The molecule has 1 amide bonds. The minimum Gasteiger partial charge on any atom is -0.504 e. The zero-order valence-corrected chi connectivity index (χ0v) is 19.7. The fourth-order valence-electron chi connectivity index (χ4n) is 3.14. The van der Waals surface area contributed by atoms with Crippen molar-refractivity contribution in [2.24, 2.45) is 5.10 Å². The van der Waals surface area contributed by atoms with Crippen LogP contribution in [-0.4, -0.2) is 29.3 Å². The Morgan fingerprint density at radius 2 is 2.00 bits per heavy atom. The van der Waals surface area contributed by atoms with Gasteiger partial charge in [0.1, 0.15) is 9.88 Å². The molecule has 0 saturated carbocycles. The highest BCUT2D eigenvalue weighted by Crippen LogP contribution is 2.30. The van der Waals surface area contributed by atoms with E-state index in [-0.39, 0.29) is 11.7 Å². The number of hydrogen-bond acceptors (Lipinski definition) is 6. The van der Waals surface area contributed by atoms with Crippen molar-refractivity contribution in [1.82, 2.24) is 10.4 Å². The van der Waals surface area contributed by atoms with E-state index in [1.165, 1.54) is 30.7 Å². The predicted octanol–water partition coefficient (Wildman–Crippen LogP) is 6.06. The molecule has 0 fully saturated rings. The van der Waals surface area contributed by atoms with Gasteiger partial charge in [-0.15, -0.1) is 11.3 Å². The van der Waals surface area contributed by atoms with E-state index in [1.807, 2.05) is 24.3 Å². The Kier molecular flexibility index (Phi) is 8.64. The summed E-state index contributed by atoms with van der Waals surface area (Å²) in [4.78, 5) is 18.2. The summed E-state index contributed by atoms with van der Waals surface area (Å²) >= 11 is 7.35. The third-order valence-corrected chi connectivity index (χ3v) is 6.24. The van der Waals surface area contributed by atoms with Gasteiger partial charge in [0, 0.05) is 10.6 Å². The van der Waals surface area contributed by atoms with Crippen LogP contribution in [0.1, 0.15) is 53.5 Å². The summed E-state index contributed by atoms with van der Waals surface area (Å²) in [5.74, 6) is 0.0766. The Balaban J connectivity index is 1.76. The zero-order valence-electron chi connectivity index (χ0n) is 18.1. The maximum absolute atomic E-state index is 12.9. The minimum absolute atomic E-state index is 0.00667. The predicted molar refractivity (Wildman–Crippen MR) is 130 cm³/mol. The Morgan fingerprint density at radius 3 is 2.69 bits per heavy atom. The molecule has 3 aromatic rings. The number of phenols is 1. The normalized spacial score (nSPS) is 11.1. The van der Waals surface area contributed by atoms with Gasteiger partial charge in [-0.25, -0.2) is 10.4 Å². The number of phenolic OH excluding ortho intramolecular Hbond substituents is 1. The number of aromatic nitrogens is 1. The number of hydrogen-bond donors (Lipinski definition) is 2. The van der Waals surface area contributed by atoms with Crippen molar-refractivity contribution in [2.75, 3.05) is 7.11 Å². The van der Waals surface area contributed by atoms with Crippen LogP contribution < -0.4 is 10.2 Å². The van der Waals surface area contributed by atoms with Crippen LogP contribution in [0, 0.1) is 0 Å². The van der Waals surface area contributed by atoms with E-state index in [0.29, 0.717) is 21.2 Å². The Morgan fingerprint density at radius 1 is 1.22 bits per heavy atom. The zero-order chi connectivity index (χ0) is 22.9. The van der Waals surface area contributed by atoms with Gasteiger partial charge in [0.2, 0.25) is 0 Å². The van der Waals surface area contributed by atoms with Gasteiger partial charge in [0.15, 0.2) is 11.5 Å². The SMILES string of the molecule is CCCCCCc1nc(-c2ccc(Cl)cc2)sc1C(=O)N/N=C/c1ccc(OC)c(O)c1. The molecule has 8 heteroatoms. The number of ether oxygens (including phenoxy) is 1. The van der Waals surface area contributed by atoms with E-state index >= 15 is 0 Å². The Labute approximate surface area is 196 Å². The van der Waals surface area contributed by atoms with Crippen molar-refractivity contribution in [3.05, 3.63) is 63.6 Å². The van der Waals surface area contributed by atoms with Gasteiger partial charge in [-0.2, -0.15) is 5.10 Å². The number of halogens is 1. The molecule has 3 rings (SSSR count). The lowest BCUT2D eigenvalue weighted by molar-refractivity contribution is 0.0958. The number of benzene rings is 2. The first-order valence-corrected chi connectivity index (χ1v) is 11.7. The van der Waals surface area contributed by atoms with Gasteiger partial charge in [0.25, 0.3) is 5.91 Å². The number of nitrogens with zero attached hydrogens (tertiary/aromatic N) is 2. The molecular formula is C24H26ClN3O3S. The van der Waals surface area contributed by atoms with Crippen molar-refractivity contribution in [1.29, 1.82) is 0 Å². The summed E-state index contributed by atoms with van der Waals surface area (Å²) < 4.78 is 5.03. The molecule has 0 aliphatic heterocycles. The highest BCUT2D eigenvalue weighted by molar-refractivity contribution is 7.17. The molecule has 2 aromatic carbocycles. The monoisotopic (exact) mass is 471 g/mol. The molecule has 0 unspecified atom stereocenters. The number of rotatable bonds is 10. The van der Waals surface area contributed by atoms with Crippen LogP contribution in [0.2, 0.25) is 5.02 Å². The number of nitrogens with one attached hydrogen (secondary N) is 1. The van der Waals surface area contributed by atoms with E-state index < -0.39 is 0 Å². The first kappa shape index (κ1) is 23.8.